The van der Waals surface area contributed by atoms with Gasteiger partial charge in [0.05, 0.1) is 33.1 Å². The van der Waals surface area contributed by atoms with Gasteiger partial charge in [-0.25, -0.2) is 0 Å². The first-order valence-electron chi connectivity index (χ1n) is 14.0. The second-order valence-corrected chi connectivity index (χ2v) is 11.3. The van der Waals surface area contributed by atoms with Crippen molar-refractivity contribution in [2.75, 3.05) is 0 Å². The van der Waals surface area contributed by atoms with Crippen molar-refractivity contribution in [2.45, 2.75) is 0 Å². The molecule has 0 saturated heterocycles. The zero-order valence-corrected chi connectivity index (χ0v) is 21.4. The summed E-state index contributed by atoms with van der Waals surface area (Å²) in [7, 11) is 0. The van der Waals surface area contributed by atoms with Gasteiger partial charge < -0.3 is 8.80 Å². The highest BCUT2D eigenvalue weighted by atomic mass is 14.9. The van der Waals surface area contributed by atoms with E-state index < -0.39 is 0 Å². The molecule has 182 valence electrons. The second kappa shape index (κ2) is 6.44. The lowest BCUT2D eigenvalue weighted by Gasteiger charge is -2.09. The Labute approximate surface area is 227 Å². The van der Waals surface area contributed by atoms with Crippen LogP contribution < -0.4 is 0 Å². The van der Waals surface area contributed by atoms with Crippen LogP contribution >= 0.6 is 0 Å². The van der Waals surface area contributed by atoms with Crippen molar-refractivity contribution in [1.82, 2.24) is 8.80 Å². The van der Waals surface area contributed by atoms with Crippen LogP contribution in [-0.4, -0.2) is 8.80 Å². The van der Waals surface area contributed by atoms with E-state index in [1.165, 1.54) is 97.7 Å². The molecular formula is C38H20N2. The molecule has 2 heteroatoms. The fourth-order valence-electron chi connectivity index (χ4n) is 8.08. The molecule has 0 aliphatic carbocycles. The van der Waals surface area contributed by atoms with E-state index in [0.717, 1.165) is 0 Å². The first kappa shape index (κ1) is 19.7. The first-order chi connectivity index (χ1) is 19.9. The molecule has 0 saturated carbocycles. The summed E-state index contributed by atoms with van der Waals surface area (Å²) >= 11 is 0. The van der Waals surface area contributed by atoms with Gasteiger partial charge in [0.2, 0.25) is 0 Å². The molecule has 0 atom stereocenters. The Bertz CT molecular complexity index is 2660. The summed E-state index contributed by atoms with van der Waals surface area (Å²) in [6, 6.07) is 45.3. The van der Waals surface area contributed by atoms with Gasteiger partial charge in [0.25, 0.3) is 0 Å². The fraction of sp³-hybridized carbons (Fsp3) is 0. The Balaban J connectivity index is 1.34. The smallest absolute Gasteiger partial charge is 0.0620 e. The molecule has 4 heterocycles. The van der Waals surface area contributed by atoms with Gasteiger partial charge in [-0.15, -0.1) is 0 Å². The van der Waals surface area contributed by atoms with Crippen molar-refractivity contribution < 1.29 is 0 Å². The molecule has 11 rings (SSSR count). The molecule has 4 aromatic heterocycles. The van der Waals surface area contributed by atoms with E-state index in [1.807, 2.05) is 0 Å². The summed E-state index contributed by atoms with van der Waals surface area (Å²) in [5, 5.41) is 16.0. The van der Waals surface area contributed by atoms with Crippen LogP contribution in [0.3, 0.4) is 0 Å². The molecule has 0 bridgehead atoms. The van der Waals surface area contributed by atoms with Crippen molar-refractivity contribution in [3.63, 3.8) is 0 Å². The normalized spacial score (nSPS) is 13.0. The number of fused-ring (bicyclic) bond motifs is 17. The number of benzene rings is 7. The third kappa shape index (κ3) is 2.01. The Hall–Kier alpha value is -5.34. The number of hydrogen-bond acceptors (Lipinski definition) is 0. The largest absolute Gasteiger partial charge is 0.308 e. The van der Waals surface area contributed by atoms with E-state index in [0.29, 0.717) is 0 Å². The zero-order valence-electron chi connectivity index (χ0n) is 21.4. The van der Waals surface area contributed by atoms with E-state index in [1.54, 1.807) is 0 Å². The molecule has 0 fully saturated rings. The van der Waals surface area contributed by atoms with Crippen LogP contribution in [0.1, 0.15) is 0 Å². The molecule has 0 aliphatic heterocycles. The Morgan fingerprint density at radius 3 is 1.15 bits per heavy atom. The number of para-hydroxylation sites is 4. The fourth-order valence-corrected chi connectivity index (χ4v) is 8.08. The van der Waals surface area contributed by atoms with Gasteiger partial charge in [0, 0.05) is 43.1 Å². The SMILES string of the molecule is c1ccc2c(c1)c1cccc3c4c5ccc6c(ccc7c6c6cccc8c9ccccc9n7c86)c5ccc4n2c13. The lowest BCUT2D eigenvalue weighted by Crippen LogP contribution is -1.84. The molecule has 0 amide bonds. The van der Waals surface area contributed by atoms with Gasteiger partial charge in [0.15, 0.2) is 0 Å². The zero-order chi connectivity index (χ0) is 25.7. The Morgan fingerprint density at radius 2 is 0.650 bits per heavy atom. The highest BCUT2D eigenvalue weighted by Crippen LogP contribution is 2.45. The summed E-state index contributed by atoms with van der Waals surface area (Å²) in [6.07, 6.45) is 0. The lowest BCUT2D eigenvalue weighted by molar-refractivity contribution is 1.37. The van der Waals surface area contributed by atoms with E-state index in [2.05, 4.69) is 130 Å². The van der Waals surface area contributed by atoms with Gasteiger partial charge in [-0.05, 0) is 45.8 Å². The summed E-state index contributed by atoms with van der Waals surface area (Å²) in [5.74, 6) is 0. The monoisotopic (exact) mass is 504 g/mol. The summed E-state index contributed by atoms with van der Waals surface area (Å²) in [6.45, 7) is 0. The van der Waals surface area contributed by atoms with Gasteiger partial charge in [-0.2, -0.15) is 0 Å². The van der Waals surface area contributed by atoms with Gasteiger partial charge in [-0.3, -0.25) is 0 Å². The van der Waals surface area contributed by atoms with E-state index in [4.69, 9.17) is 0 Å². The minimum Gasteiger partial charge on any atom is -0.308 e. The maximum Gasteiger partial charge on any atom is 0.0620 e. The highest BCUT2D eigenvalue weighted by Gasteiger charge is 2.21. The lowest BCUT2D eigenvalue weighted by atomic mass is 9.95. The highest BCUT2D eigenvalue weighted by molar-refractivity contribution is 6.34. The third-order valence-electron chi connectivity index (χ3n) is 9.56. The first-order valence-corrected chi connectivity index (χ1v) is 14.0. The van der Waals surface area contributed by atoms with Crippen LogP contribution in [0.4, 0.5) is 0 Å². The predicted molar refractivity (Wildman–Crippen MR) is 171 cm³/mol. The van der Waals surface area contributed by atoms with Crippen LogP contribution in [0.2, 0.25) is 0 Å². The number of aromatic nitrogens is 2. The molecule has 0 radical (unpaired) electrons. The Kier molecular flexibility index (Phi) is 3.17. The molecule has 7 aromatic carbocycles. The Morgan fingerprint density at radius 1 is 0.250 bits per heavy atom. The second-order valence-electron chi connectivity index (χ2n) is 11.3. The maximum absolute atomic E-state index is 2.47. The molecule has 0 N–H and O–H groups in total. The van der Waals surface area contributed by atoms with E-state index in [9.17, 15) is 0 Å². The van der Waals surface area contributed by atoms with Crippen LogP contribution in [-0.2, 0) is 0 Å². The molecule has 40 heavy (non-hydrogen) atoms. The summed E-state index contributed by atoms with van der Waals surface area (Å²) in [4.78, 5) is 0. The molecule has 0 aliphatic rings. The minimum atomic E-state index is 1.28. The van der Waals surface area contributed by atoms with Crippen LogP contribution in [0, 0.1) is 0 Å². The molecule has 0 spiro atoms. The van der Waals surface area contributed by atoms with Crippen molar-refractivity contribution in [3.05, 3.63) is 121 Å². The van der Waals surface area contributed by atoms with Crippen molar-refractivity contribution in [3.8, 4) is 0 Å². The number of hydrogen-bond donors (Lipinski definition) is 0. The predicted octanol–water partition coefficient (Wildman–Crippen LogP) is 10.3. The average Bonchev–Trinajstić information content (AvgIpc) is 3.74. The molecule has 0 unspecified atom stereocenters. The number of rotatable bonds is 0. The van der Waals surface area contributed by atoms with Gasteiger partial charge in [-0.1, -0.05) is 97.1 Å². The molecule has 2 nitrogen and oxygen atoms in total. The van der Waals surface area contributed by atoms with Gasteiger partial charge in [0.1, 0.15) is 0 Å². The number of nitrogens with zero attached hydrogens (tertiary/aromatic N) is 2. The van der Waals surface area contributed by atoms with Crippen molar-refractivity contribution in [1.29, 1.82) is 0 Å². The van der Waals surface area contributed by atoms with Gasteiger partial charge >= 0.3 is 0 Å². The standard InChI is InChI=1S/C38H20N2/c1-3-13-31-23(7-1)27-9-5-11-29-35-25-15-16-26-22(21(25)17-19-33(35)39(31)37(27)29)18-20-34-36(26)30-12-6-10-28-24-8-2-4-14-32(24)40(34)38(28)30/h1-20H. The minimum absolute atomic E-state index is 1.28. The molecule has 11 aromatic rings. The topological polar surface area (TPSA) is 8.82 Å². The van der Waals surface area contributed by atoms with E-state index in [-0.39, 0.29) is 0 Å². The summed E-state index contributed by atoms with van der Waals surface area (Å²) in [5.41, 5.74) is 7.80. The third-order valence-corrected chi connectivity index (χ3v) is 9.56. The maximum atomic E-state index is 2.47. The van der Waals surface area contributed by atoms with Crippen molar-refractivity contribution in [2.24, 2.45) is 0 Å². The van der Waals surface area contributed by atoms with E-state index >= 15 is 0 Å². The van der Waals surface area contributed by atoms with Crippen LogP contribution in [0.15, 0.2) is 121 Å². The van der Waals surface area contributed by atoms with Crippen LogP contribution in [0.5, 0.6) is 0 Å². The summed E-state index contributed by atoms with van der Waals surface area (Å²) < 4.78 is 4.95. The van der Waals surface area contributed by atoms with Crippen LogP contribution in [0.25, 0.3) is 97.7 Å². The average molecular weight is 505 g/mol. The molecular weight excluding hydrogens is 484 g/mol. The quantitative estimate of drug-likeness (QED) is 0.182. The van der Waals surface area contributed by atoms with Crippen molar-refractivity contribution >= 4 is 97.7 Å².